The van der Waals surface area contributed by atoms with Crippen LogP contribution in [-0.2, 0) is 0 Å². The molecule has 0 fully saturated rings. The highest BCUT2D eigenvalue weighted by Gasteiger charge is 2.12. The molecule has 84 valence electrons. The maximum Gasteiger partial charge on any atom is 0.243 e. The molecule has 0 saturated heterocycles. The summed E-state index contributed by atoms with van der Waals surface area (Å²) < 4.78 is 0. The second-order valence-electron chi connectivity index (χ2n) is 3.87. The van der Waals surface area contributed by atoms with Crippen LogP contribution in [0.15, 0.2) is 0 Å². The molecule has 1 heterocycles. The SMILES string of the molecule is Cc1nnc(NC(C)C(C)CCl)nc1C. The topological polar surface area (TPSA) is 50.7 Å². The van der Waals surface area contributed by atoms with Gasteiger partial charge in [0.25, 0.3) is 0 Å². The fourth-order valence-corrected chi connectivity index (χ4v) is 1.26. The average Bonchev–Trinajstić information content (AvgIpc) is 2.22. The molecule has 1 aromatic heterocycles. The van der Waals surface area contributed by atoms with Crippen LogP contribution in [0.1, 0.15) is 25.2 Å². The molecule has 4 nitrogen and oxygen atoms in total. The number of nitrogens with one attached hydrogen (secondary N) is 1. The molecule has 15 heavy (non-hydrogen) atoms. The van der Waals surface area contributed by atoms with E-state index in [4.69, 9.17) is 11.6 Å². The Morgan fingerprint density at radius 1 is 1.20 bits per heavy atom. The van der Waals surface area contributed by atoms with Gasteiger partial charge in [0.05, 0.1) is 11.4 Å². The van der Waals surface area contributed by atoms with Crippen LogP contribution in [0.5, 0.6) is 0 Å². The zero-order chi connectivity index (χ0) is 11.4. The van der Waals surface area contributed by atoms with E-state index in [1.54, 1.807) is 0 Å². The fraction of sp³-hybridized carbons (Fsp3) is 0.700. The summed E-state index contributed by atoms with van der Waals surface area (Å²) in [5, 5.41) is 11.2. The second-order valence-corrected chi connectivity index (χ2v) is 4.18. The molecule has 2 unspecified atom stereocenters. The normalized spacial score (nSPS) is 14.7. The molecule has 1 rings (SSSR count). The number of hydrogen-bond acceptors (Lipinski definition) is 4. The number of alkyl halides is 1. The fourth-order valence-electron chi connectivity index (χ4n) is 0.998. The maximum absolute atomic E-state index is 5.77. The second kappa shape index (κ2) is 5.26. The first-order valence-corrected chi connectivity index (χ1v) is 5.58. The first kappa shape index (κ1) is 12.2. The molecule has 0 aliphatic rings. The molecule has 0 aromatic carbocycles. The van der Waals surface area contributed by atoms with Crippen LogP contribution in [0.2, 0.25) is 0 Å². The summed E-state index contributed by atoms with van der Waals surface area (Å²) in [6.07, 6.45) is 0. The molecule has 0 amide bonds. The highest BCUT2D eigenvalue weighted by molar-refractivity contribution is 6.18. The maximum atomic E-state index is 5.77. The van der Waals surface area contributed by atoms with Crippen molar-refractivity contribution in [2.75, 3.05) is 11.2 Å². The van der Waals surface area contributed by atoms with Crippen LogP contribution in [0.3, 0.4) is 0 Å². The van der Waals surface area contributed by atoms with Gasteiger partial charge in [-0.05, 0) is 26.7 Å². The van der Waals surface area contributed by atoms with E-state index < -0.39 is 0 Å². The monoisotopic (exact) mass is 228 g/mol. The van der Waals surface area contributed by atoms with Gasteiger partial charge in [-0.2, -0.15) is 5.10 Å². The third-order valence-corrected chi connectivity index (χ3v) is 3.03. The molecule has 1 aromatic rings. The largest absolute Gasteiger partial charge is 0.350 e. The van der Waals surface area contributed by atoms with Gasteiger partial charge in [-0.15, -0.1) is 16.7 Å². The zero-order valence-electron chi connectivity index (χ0n) is 9.58. The predicted octanol–water partition coefficient (Wildman–Crippen LogP) is 2.16. The number of halogens is 1. The van der Waals surface area contributed by atoms with Gasteiger partial charge in [0.2, 0.25) is 5.95 Å². The van der Waals surface area contributed by atoms with E-state index >= 15 is 0 Å². The molecule has 2 atom stereocenters. The summed E-state index contributed by atoms with van der Waals surface area (Å²) >= 11 is 5.77. The summed E-state index contributed by atoms with van der Waals surface area (Å²) in [6, 6.07) is 0.242. The Labute approximate surface area is 95.5 Å². The van der Waals surface area contributed by atoms with Crippen molar-refractivity contribution in [2.45, 2.75) is 33.7 Å². The van der Waals surface area contributed by atoms with Crippen molar-refractivity contribution >= 4 is 17.5 Å². The van der Waals surface area contributed by atoms with Crippen LogP contribution in [0.25, 0.3) is 0 Å². The quantitative estimate of drug-likeness (QED) is 0.803. The predicted molar refractivity (Wildman–Crippen MR) is 62.3 cm³/mol. The molecule has 0 aliphatic heterocycles. The summed E-state index contributed by atoms with van der Waals surface area (Å²) in [6.45, 7) is 7.96. The van der Waals surface area contributed by atoms with E-state index in [9.17, 15) is 0 Å². The minimum atomic E-state index is 0.242. The lowest BCUT2D eigenvalue weighted by atomic mass is 10.1. The highest BCUT2D eigenvalue weighted by Crippen LogP contribution is 2.10. The Hall–Kier alpha value is -0.900. The van der Waals surface area contributed by atoms with Crippen molar-refractivity contribution < 1.29 is 0 Å². The van der Waals surface area contributed by atoms with Gasteiger partial charge in [-0.3, -0.25) is 0 Å². The summed E-state index contributed by atoms with van der Waals surface area (Å²) in [5.74, 6) is 1.56. The molecule has 0 saturated carbocycles. The summed E-state index contributed by atoms with van der Waals surface area (Å²) in [4.78, 5) is 4.30. The Bertz CT molecular complexity index is 329. The van der Waals surface area contributed by atoms with Crippen LogP contribution in [-0.4, -0.2) is 27.1 Å². The van der Waals surface area contributed by atoms with E-state index in [0.29, 0.717) is 17.7 Å². The third-order valence-electron chi connectivity index (χ3n) is 2.55. The number of nitrogens with zero attached hydrogens (tertiary/aromatic N) is 3. The number of aryl methyl sites for hydroxylation is 2. The molecule has 0 radical (unpaired) electrons. The lowest BCUT2D eigenvalue weighted by molar-refractivity contribution is 0.560. The molecular formula is C10H17ClN4. The van der Waals surface area contributed by atoms with E-state index in [2.05, 4.69) is 34.3 Å². The van der Waals surface area contributed by atoms with Crippen molar-refractivity contribution in [1.82, 2.24) is 15.2 Å². The molecule has 0 spiro atoms. The van der Waals surface area contributed by atoms with E-state index in [0.717, 1.165) is 11.4 Å². The van der Waals surface area contributed by atoms with Gasteiger partial charge in [-0.1, -0.05) is 6.92 Å². The molecule has 5 heteroatoms. The number of hydrogen-bond donors (Lipinski definition) is 1. The van der Waals surface area contributed by atoms with Gasteiger partial charge in [0, 0.05) is 11.9 Å². The van der Waals surface area contributed by atoms with Crippen molar-refractivity contribution in [3.63, 3.8) is 0 Å². The minimum Gasteiger partial charge on any atom is -0.350 e. The lowest BCUT2D eigenvalue weighted by Gasteiger charge is -2.18. The smallest absolute Gasteiger partial charge is 0.243 e. The van der Waals surface area contributed by atoms with Gasteiger partial charge in [-0.25, -0.2) is 4.98 Å². The average molecular weight is 229 g/mol. The van der Waals surface area contributed by atoms with Gasteiger partial charge in [0.15, 0.2) is 0 Å². The Morgan fingerprint density at radius 2 is 1.87 bits per heavy atom. The van der Waals surface area contributed by atoms with E-state index in [1.165, 1.54) is 0 Å². The van der Waals surface area contributed by atoms with Crippen molar-refractivity contribution in [2.24, 2.45) is 5.92 Å². The first-order chi connectivity index (χ1) is 7.04. The van der Waals surface area contributed by atoms with Crippen LogP contribution >= 0.6 is 11.6 Å². The van der Waals surface area contributed by atoms with E-state index in [-0.39, 0.29) is 6.04 Å². The minimum absolute atomic E-state index is 0.242. The number of rotatable bonds is 4. The zero-order valence-corrected chi connectivity index (χ0v) is 10.3. The molecular weight excluding hydrogens is 212 g/mol. The van der Waals surface area contributed by atoms with Crippen molar-refractivity contribution in [3.8, 4) is 0 Å². The molecule has 0 aliphatic carbocycles. The first-order valence-electron chi connectivity index (χ1n) is 5.05. The van der Waals surface area contributed by atoms with Gasteiger partial charge in [0.1, 0.15) is 0 Å². The van der Waals surface area contributed by atoms with Crippen molar-refractivity contribution in [3.05, 3.63) is 11.4 Å². The molecule has 0 bridgehead atoms. The summed E-state index contributed by atoms with van der Waals surface area (Å²) in [5.41, 5.74) is 1.76. The van der Waals surface area contributed by atoms with Gasteiger partial charge >= 0.3 is 0 Å². The lowest BCUT2D eigenvalue weighted by Crippen LogP contribution is -2.26. The van der Waals surface area contributed by atoms with E-state index in [1.807, 2.05) is 13.8 Å². The Morgan fingerprint density at radius 3 is 2.40 bits per heavy atom. The Balaban J connectivity index is 2.68. The van der Waals surface area contributed by atoms with Gasteiger partial charge < -0.3 is 5.32 Å². The highest BCUT2D eigenvalue weighted by atomic mass is 35.5. The third kappa shape index (κ3) is 3.30. The number of aromatic nitrogens is 3. The van der Waals surface area contributed by atoms with Crippen molar-refractivity contribution in [1.29, 1.82) is 0 Å². The number of anilines is 1. The summed E-state index contributed by atoms with van der Waals surface area (Å²) in [7, 11) is 0. The molecule has 1 N–H and O–H groups in total. The Kier molecular flexibility index (Phi) is 4.27. The van der Waals surface area contributed by atoms with Crippen LogP contribution in [0.4, 0.5) is 5.95 Å². The van der Waals surface area contributed by atoms with Crippen LogP contribution in [0, 0.1) is 19.8 Å². The standard InChI is InChI=1S/C10H17ClN4/c1-6(5-11)7(2)12-10-13-8(3)9(4)14-15-10/h6-7H,5H2,1-4H3,(H,12,13,15). The van der Waals surface area contributed by atoms with Crippen LogP contribution < -0.4 is 5.32 Å².